The maximum absolute atomic E-state index is 11.0. The van der Waals surface area contributed by atoms with Crippen LogP contribution in [0.15, 0.2) is 16.8 Å². The van der Waals surface area contributed by atoms with Crippen LogP contribution in [0.5, 0.6) is 0 Å². The highest BCUT2D eigenvalue weighted by molar-refractivity contribution is 5.89. The lowest BCUT2D eigenvalue weighted by molar-refractivity contribution is -0.127. The third kappa shape index (κ3) is 1.72. The maximum atomic E-state index is 11.0. The molecule has 3 heteroatoms. The fourth-order valence-corrected chi connectivity index (χ4v) is 1.92. The molecule has 2 aliphatic rings. The Morgan fingerprint density at radius 3 is 3.00 bits per heavy atom. The van der Waals surface area contributed by atoms with Gasteiger partial charge in [-0.15, -0.1) is 0 Å². The number of carbonyl (C=O) groups excluding carboxylic acids is 1. The Hall–Kier alpha value is -1.12. The van der Waals surface area contributed by atoms with Crippen LogP contribution in [0.4, 0.5) is 0 Å². The summed E-state index contributed by atoms with van der Waals surface area (Å²) < 4.78 is 0. The summed E-state index contributed by atoms with van der Waals surface area (Å²) in [5, 5.41) is 0. The van der Waals surface area contributed by atoms with Crippen molar-refractivity contribution in [3.05, 3.63) is 11.8 Å². The van der Waals surface area contributed by atoms with E-state index in [1.54, 1.807) is 11.8 Å². The van der Waals surface area contributed by atoms with Crippen LogP contribution in [0.1, 0.15) is 20.3 Å². The minimum absolute atomic E-state index is 0.0941. The summed E-state index contributed by atoms with van der Waals surface area (Å²) in [6.07, 6.45) is 3.47. The highest BCUT2D eigenvalue weighted by atomic mass is 16.2. The Balaban J connectivity index is 2.02. The molecule has 0 bridgehead atoms. The van der Waals surface area contributed by atoms with Crippen molar-refractivity contribution in [1.29, 1.82) is 0 Å². The van der Waals surface area contributed by atoms with Crippen molar-refractivity contribution in [3.63, 3.8) is 0 Å². The number of aliphatic imine (C=N–C) groups is 1. The molecule has 1 fully saturated rings. The zero-order chi connectivity index (χ0) is 10.3. The van der Waals surface area contributed by atoms with Gasteiger partial charge in [0.05, 0.1) is 12.2 Å². The zero-order valence-electron chi connectivity index (χ0n) is 8.95. The number of hydrogen-bond acceptors (Lipinski definition) is 2. The fourth-order valence-electron chi connectivity index (χ4n) is 1.92. The molecule has 0 aromatic heterocycles. The van der Waals surface area contributed by atoms with Gasteiger partial charge in [-0.2, -0.15) is 0 Å². The van der Waals surface area contributed by atoms with Crippen molar-refractivity contribution in [2.75, 3.05) is 13.6 Å². The highest BCUT2D eigenvalue weighted by Crippen LogP contribution is 2.44. The van der Waals surface area contributed by atoms with Crippen molar-refractivity contribution in [2.45, 2.75) is 20.3 Å². The molecule has 2 atom stereocenters. The molecule has 1 amide bonds. The van der Waals surface area contributed by atoms with Gasteiger partial charge in [0.15, 0.2) is 0 Å². The Labute approximate surface area is 84.5 Å². The van der Waals surface area contributed by atoms with E-state index in [1.165, 1.54) is 12.1 Å². The van der Waals surface area contributed by atoms with Crippen LogP contribution in [-0.4, -0.2) is 30.1 Å². The summed E-state index contributed by atoms with van der Waals surface area (Å²) in [6, 6.07) is 0. The summed E-state index contributed by atoms with van der Waals surface area (Å²) in [5.41, 5.74) is 2.29. The average molecular weight is 192 g/mol. The molecule has 0 N–H and O–H groups in total. The first-order chi connectivity index (χ1) is 6.58. The first-order valence-corrected chi connectivity index (χ1v) is 5.05. The van der Waals surface area contributed by atoms with E-state index in [1.807, 2.05) is 7.05 Å². The maximum Gasteiger partial charge on any atom is 0.219 e. The van der Waals surface area contributed by atoms with Crippen molar-refractivity contribution >= 4 is 11.6 Å². The zero-order valence-corrected chi connectivity index (χ0v) is 8.95. The van der Waals surface area contributed by atoms with E-state index in [0.717, 1.165) is 5.70 Å². The average Bonchev–Trinajstić information content (AvgIpc) is 2.83. The molecule has 0 aromatic carbocycles. The van der Waals surface area contributed by atoms with Crippen LogP contribution in [0.2, 0.25) is 0 Å². The molecule has 0 spiro atoms. The van der Waals surface area contributed by atoms with Gasteiger partial charge in [0, 0.05) is 25.6 Å². The smallest absolute Gasteiger partial charge is 0.219 e. The van der Waals surface area contributed by atoms with E-state index in [9.17, 15) is 4.79 Å². The molecular weight excluding hydrogens is 176 g/mol. The predicted molar refractivity (Wildman–Crippen MR) is 56.1 cm³/mol. The molecular formula is C11H16N2O. The minimum atomic E-state index is 0.0941. The molecule has 0 aromatic rings. The summed E-state index contributed by atoms with van der Waals surface area (Å²) in [6.45, 7) is 4.32. The number of amides is 1. The number of fused-ring (bicyclic) bond motifs is 1. The summed E-state index contributed by atoms with van der Waals surface area (Å²) >= 11 is 0. The van der Waals surface area contributed by atoms with Crippen LogP contribution in [0.3, 0.4) is 0 Å². The number of nitrogens with zero attached hydrogens (tertiary/aromatic N) is 2. The van der Waals surface area contributed by atoms with E-state index < -0.39 is 0 Å². The van der Waals surface area contributed by atoms with E-state index >= 15 is 0 Å². The van der Waals surface area contributed by atoms with Gasteiger partial charge in [-0.1, -0.05) is 6.08 Å². The molecule has 1 saturated carbocycles. The Bertz CT molecular complexity index is 330. The lowest BCUT2D eigenvalue weighted by atomic mass is 10.1. The SMILES string of the molecule is CC(=O)N(C)CC1=CC2CC2C(C)=N1. The second-order valence-corrected chi connectivity index (χ2v) is 4.29. The monoisotopic (exact) mass is 192 g/mol. The highest BCUT2D eigenvalue weighted by Gasteiger charge is 2.40. The van der Waals surface area contributed by atoms with Crippen LogP contribution < -0.4 is 0 Å². The molecule has 1 heterocycles. The lowest BCUT2D eigenvalue weighted by Gasteiger charge is -2.17. The first kappa shape index (κ1) is 9.44. The Morgan fingerprint density at radius 1 is 1.71 bits per heavy atom. The van der Waals surface area contributed by atoms with Gasteiger partial charge < -0.3 is 4.90 Å². The quantitative estimate of drug-likeness (QED) is 0.652. The van der Waals surface area contributed by atoms with Crippen LogP contribution >= 0.6 is 0 Å². The first-order valence-electron chi connectivity index (χ1n) is 5.05. The standard InChI is InChI=1S/C11H16N2O/c1-7-11-5-9(11)4-10(12-7)6-13(3)8(2)14/h4,9,11H,5-6H2,1-3H3. The molecule has 0 radical (unpaired) electrons. The van der Waals surface area contributed by atoms with Gasteiger partial charge >= 0.3 is 0 Å². The summed E-state index contributed by atoms with van der Waals surface area (Å²) in [4.78, 5) is 17.3. The molecule has 3 nitrogen and oxygen atoms in total. The largest absolute Gasteiger partial charge is 0.340 e. The fraction of sp³-hybridized carbons (Fsp3) is 0.636. The van der Waals surface area contributed by atoms with E-state index in [0.29, 0.717) is 18.4 Å². The van der Waals surface area contributed by atoms with E-state index in [2.05, 4.69) is 18.0 Å². The Kier molecular flexibility index (Phi) is 2.17. The van der Waals surface area contributed by atoms with E-state index in [4.69, 9.17) is 0 Å². The predicted octanol–water partition coefficient (Wildman–Crippen LogP) is 1.46. The van der Waals surface area contributed by atoms with Crippen molar-refractivity contribution < 1.29 is 4.79 Å². The third-order valence-electron chi connectivity index (χ3n) is 3.04. The second-order valence-electron chi connectivity index (χ2n) is 4.29. The lowest BCUT2D eigenvalue weighted by Crippen LogP contribution is -2.26. The number of hydrogen-bond donors (Lipinski definition) is 0. The molecule has 1 aliphatic heterocycles. The van der Waals surface area contributed by atoms with Crippen molar-refractivity contribution in [1.82, 2.24) is 4.90 Å². The Morgan fingerprint density at radius 2 is 2.43 bits per heavy atom. The molecule has 0 saturated heterocycles. The van der Waals surface area contributed by atoms with Gasteiger partial charge in [0.2, 0.25) is 5.91 Å². The molecule has 76 valence electrons. The topological polar surface area (TPSA) is 32.7 Å². The normalized spacial score (nSPS) is 28.8. The van der Waals surface area contributed by atoms with Crippen molar-refractivity contribution in [2.24, 2.45) is 16.8 Å². The van der Waals surface area contributed by atoms with Crippen LogP contribution in [0, 0.1) is 11.8 Å². The van der Waals surface area contributed by atoms with Gasteiger partial charge in [0.1, 0.15) is 0 Å². The molecule has 2 unspecified atom stereocenters. The molecule has 2 rings (SSSR count). The van der Waals surface area contributed by atoms with Gasteiger partial charge in [-0.25, -0.2) is 0 Å². The van der Waals surface area contributed by atoms with Gasteiger partial charge in [0.25, 0.3) is 0 Å². The number of rotatable bonds is 2. The number of carbonyl (C=O) groups is 1. The molecule has 14 heavy (non-hydrogen) atoms. The van der Waals surface area contributed by atoms with Gasteiger partial charge in [-0.05, 0) is 19.3 Å². The van der Waals surface area contributed by atoms with E-state index in [-0.39, 0.29) is 5.91 Å². The third-order valence-corrected chi connectivity index (χ3v) is 3.04. The number of likely N-dealkylation sites (N-methyl/N-ethyl adjacent to an activating group) is 1. The van der Waals surface area contributed by atoms with Gasteiger partial charge in [-0.3, -0.25) is 9.79 Å². The second kappa shape index (κ2) is 3.23. The number of allylic oxidation sites excluding steroid dienone is 1. The van der Waals surface area contributed by atoms with Crippen LogP contribution in [0.25, 0.3) is 0 Å². The summed E-state index contributed by atoms with van der Waals surface area (Å²) in [5.74, 6) is 1.51. The minimum Gasteiger partial charge on any atom is -0.340 e. The summed E-state index contributed by atoms with van der Waals surface area (Å²) in [7, 11) is 1.81. The van der Waals surface area contributed by atoms with Crippen molar-refractivity contribution in [3.8, 4) is 0 Å². The van der Waals surface area contributed by atoms with Crippen LogP contribution in [-0.2, 0) is 4.79 Å². The molecule has 1 aliphatic carbocycles.